The molecule has 2 aromatic carbocycles. The van der Waals surface area contributed by atoms with Gasteiger partial charge in [0.25, 0.3) is 10.0 Å². The SMILES string of the molecule is COc1ccc(NS(=O)(=O)c2cc(-c3noc(C4CC4)n3)ccc2C)cc1Cl. The third-order valence-electron chi connectivity index (χ3n) is 4.51. The van der Waals surface area contributed by atoms with Gasteiger partial charge in [0.2, 0.25) is 11.7 Å². The summed E-state index contributed by atoms with van der Waals surface area (Å²) in [5.74, 6) is 1.78. The molecule has 3 aromatic rings. The van der Waals surface area contributed by atoms with Gasteiger partial charge >= 0.3 is 0 Å². The third kappa shape index (κ3) is 3.70. The van der Waals surface area contributed by atoms with E-state index >= 15 is 0 Å². The molecule has 1 aromatic heterocycles. The lowest BCUT2D eigenvalue weighted by molar-refractivity contribution is 0.380. The smallest absolute Gasteiger partial charge is 0.262 e. The number of ether oxygens (including phenoxy) is 1. The number of halogens is 1. The van der Waals surface area contributed by atoms with Gasteiger partial charge in [0, 0.05) is 11.5 Å². The van der Waals surface area contributed by atoms with Gasteiger partial charge in [0.1, 0.15) is 5.75 Å². The van der Waals surface area contributed by atoms with Crippen LogP contribution in [-0.4, -0.2) is 25.7 Å². The molecule has 1 N–H and O–H groups in total. The monoisotopic (exact) mass is 419 g/mol. The second-order valence-electron chi connectivity index (χ2n) is 6.67. The Kier molecular flexibility index (Phi) is 4.76. The molecule has 0 aliphatic heterocycles. The van der Waals surface area contributed by atoms with Gasteiger partial charge in [-0.1, -0.05) is 28.9 Å². The van der Waals surface area contributed by atoms with Crippen molar-refractivity contribution in [2.24, 2.45) is 0 Å². The fraction of sp³-hybridized carbons (Fsp3) is 0.263. The summed E-state index contributed by atoms with van der Waals surface area (Å²) in [6.45, 7) is 1.73. The van der Waals surface area contributed by atoms with Crippen LogP contribution in [0.3, 0.4) is 0 Å². The van der Waals surface area contributed by atoms with Gasteiger partial charge in [-0.05, 0) is 49.6 Å². The maximum absolute atomic E-state index is 12.9. The highest BCUT2D eigenvalue weighted by Crippen LogP contribution is 2.39. The number of benzene rings is 2. The molecule has 1 aliphatic rings. The summed E-state index contributed by atoms with van der Waals surface area (Å²) >= 11 is 6.09. The first-order valence-corrected chi connectivity index (χ1v) is 10.5. The van der Waals surface area contributed by atoms with Crippen molar-refractivity contribution in [2.75, 3.05) is 11.8 Å². The van der Waals surface area contributed by atoms with E-state index in [0.717, 1.165) is 12.8 Å². The van der Waals surface area contributed by atoms with Crippen molar-refractivity contribution in [3.8, 4) is 17.1 Å². The molecule has 0 atom stereocenters. The molecule has 0 bridgehead atoms. The van der Waals surface area contributed by atoms with Crippen LogP contribution >= 0.6 is 11.6 Å². The van der Waals surface area contributed by atoms with E-state index in [4.69, 9.17) is 20.9 Å². The largest absolute Gasteiger partial charge is 0.495 e. The van der Waals surface area contributed by atoms with Crippen LogP contribution in [0.4, 0.5) is 5.69 Å². The topological polar surface area (TPSA) is 94.3 Å². The predicted molar refractivity (Wildman–Crippen MR) is 105 cm³/mol. The molecule has 1 heterocycles. The van der Waals surface area contributed by atoms with E-state index in [2.05, 4.69) is 14.9 Å². The lowest BCUT2D eigenvalue weighted by Gasteiger charge is -2.12. The third-order valence-corrected chi connectivity index (χ3v) is 6.33. The van der Waals surface area contributed by atoms with Crippen LogP contribution in [0.1, 0.15) is 30.2 Å². The number of aryl methyl sites for hydroxylation is 1. The van der Waals surface area contributed by atoms with Crippen LogP contribution in [-0.2, 0) is 10.0 Å². The summed E-state index contributed by atoms with van der Waals surface area (Å²) in [7, 11) is -2.35. The van der Waals surface area contributed by atoms with Crippen LogP contribution in [0, 0.1) is 6.92 Å². The summed E-state index contributed by atoms with van der Waals surface area (Å²) in [4.78, 5) is 4.52. The quantitative estimate of drug-likeness (QED) is 0.636. The Morgan fingerprint density at radius 1 is 1.21 bits per heavy atom. The number of methoxy groups -OCH3 is 1. The molecule has 1 aliphatic carbocycles. The molecule has 1 fully saturated rings. The number of hydrogen-bond acceptors (Lipinski definition) is 6. The van der Waals surface area contributed by atoms with E-state index < -0.39 is 10.0 Å². The first-order chi connectivity index (χ1) is 13.4. The molecule has 0 saturated heterocycles. The number of aromatic nitrogens is 2. The molecule has 0 unspecified atom stereocenters. The number of sulfonamides is 1. The molecular weight excluding hydrogens is 402 g/mol. The molecule has 0 amide bonds. The Morgan fingerprint density at radius 3 is 2.68 bits per heavy atom. The molecule has 146 valence electrons. The fourth-order valence-electron chi connectivity index (χ4n) is 2.82. The number of nitrogens with zero attached hydrogens (tertiary/aromatic N) is 2. The van der Waals surface area contributed by atoms with Crippen LogP contribution in [0.15, 0.2) is 45.8 Å². The highest BCUT2D eigenvalue weighted by atomic mass is 35.5. The minimum atomic E-state index is -3.84. The molecule has 0 spiro atoms. The highest BCUT2D eigenvalue weighted by molar-refractivity contribution is 7.92. The van der Waals surface area contributed by atoms with Crippen LogP contribution in [0.2, 0.25) is 5.02 Å². The van der Waals surface area contributed by atoms with E-state index in [0.29, 0.717) is 45.2 Å². The molecule has 7 nitrogen and oxygen atoms in total. The zero-order valence-corrected chi connectivity index (χ0v) is 16.8. The van der Waals surface area contributed by atoms with Gasteiger partial charge in [-0.2, -0.15) is 4.98 Å². The van der Waals surface area contributed by atoms with Gasteiger partial charge in [-0.15, -0.1) is 0 Å². The van der Waals surface area contributed by atoms with Gasteiger partial charge in [0.05, 0.1) is 22.7 Å². The molecule has 4 rings (SSSR count). The number of hydrogen-bond donors (Lipinski definition) is 1. The van der Waals surface area contributed by atoms with Crippen LogP contribution < -0.4 is 9.46 Å². The summed E-state index contributed by atoms with van der Waals surface area (Å²) < 4.78 is 38.8. The Balaban J connectivity index is 1.65. The van der Waals surface area contributed by atoms with Crippen LogP contribution in [0.25, 0.3) is 11.4 Å². The Hall–Kier alpha value is -2.58. The summed E-state index contributed by atoms with van der Waals surface area (Å²) in [5.41, 5.74) is 1.52. The van der Waals surface area contributed by atoms with E-state index in [-0.39, 0.29) is 4.90 Å². The minimum absolute atomic E-state index is 0.134. The summed E-state index contributed by atoms with van der Waals surface area (Å²) in [6.07, 6.45) is 2.09. The molecular formula is C19H18ClN3O4S. The average molecular weight is 420 g/mol. The van der Waals surface area contributed by atoms with Gasteiger partial charge in [-0.25, -0.2) is 8.42 Å². The predicted octanol–water partition coefficient (Wildman–Crippen LogP) is 4.39. The Morgan fingerprint density at radius 2 is 2.00 bits per heavy atom. The van der Waals surface area contributed by atoms with Crippen molar-refractivity contribution in [3.63, 3.8) is 0 Å². The maximum atomic E-state index is 12.9. The standard InChI is InChI=1S/C19H18ClN3O4S/c1-11-3-4-13(18-21-19(27-22-18)12-5-6-12)9-17(11)28(24,25)23-14-7-8-16(26-2)15(20)10-14/h3-4,7-10,12,23H,5-6H2,1-2H3. The Labute approximate surface area is 167 Å². The van der Waals surface area contributed by atoms with E-state index in [1.165, 1.54) is 13.2 Å². The van der Waals surface area contributed by atoms with E-state index in [9.17, 15) is 8.42 Å². The molecule has 9 heteroatoms. The lowest BCUT2D eigenvalue weighted by atomic mass is 10.1. The normalized spacial score (nSPS) is 14.1. The van der Waals surface area contributed by atoms with Crippen LogP contribution in [0.5, 0.6) is 5.75 Å². The van der Waals surface area contributed by atoms with Crippen molar-refractivity contribution >= 4 is 27.3 Å². The summed E-state index contributed by atoms with van der Waals surface area (Å²) in [5, 5.41) is 4.30. The lowest BCUT2D eigenvalue weighted by Crippen LogP contribution is -2.14. The average Bonchev–Trinajstić information content (AvgIpc) is 3.39. The molecule has 0 radical (unpaired) electrons. The van der Waals surface area contributed by atoms with E-state index in [1.807, 2.05) is 0 Å². The zero-order valence-electron chi connectivity index (χ0n) is 15.3. The summed E-state index contributed by atoms with van der Waals surface area (Å²) in [6, 6.07) is 9.73. The van der Waals surface area contributed by atoms with E-state index in [1.54, 1.807) is 37.3 Å². The number of nitrogens with one attached hydrogen (secondary N) is 1. The Bertz CT molecular complexity index is 1140. The minimum Gasteiger partial charge on any atom is -0.495 e. The number of anilines is 1. The van der Waals surface area contributed by atoms with Gasteiger partial charge in [0.15, 0.2) is 0 Å². The van der Waals surface area contributed by atoms with Crippen molar-refractivity contribution in [1.29, 1.82) is 0 Å². The second kappa shape index (κ2) is 7.10. The number of rotatable bonds is 6. The zero-order chi connectivity index (χ0) is 19.9. The van der Waals surface area contributed by atoms with Crippen molar-refractivity contribution in [2.45, 2.75) is 30.6 Å². The second-order valence-corrected chi connectivity index (χ2v) is 8.72. The first kappa shape index (κ1) is 18.8. The molecule has 1 saturated carbocycles. The van der Waals surface area contributed by atoms with Gasteiger partial charge < -0.3 is 9.26 Å². The first-order valence-electron chi connectivity index (χ1n) is 8.68. The van der Waals surface area contributed by atoms with Crippen molar-refractivity contribution in [1.82, 2.24) is 10.1 Å². The maximum Gasteiger partial charge on any atom is 0.262 e. The molecule has 28 heavy (non-hydrogen) atoms. The van der Waals surface area contributed by atoms with Gasteiger partial charge in [-0.3, -0.25) is 4.72 Å². The fourth-order valence-corrected chi connectivity index (χ4v) is 4.40. The van der Waals surface area contributed by atoms with Crippen molar-refractivity contribution in [3.05, 3.63) is 52.9 Å². The van der Waals surface area contributed by atoms with Crippen molar-refractivity contribution < 1.29 is 17.7 Å². The highest BCUT2D eigenvalue weighted by Gasteiger charge is 2.30.